The van der Waals surface area contributed by atoms with E-state index in [0.717, 1.165) is 23.9 Å². The molecule has 92 valence electrons. The van der Waals surface area contributed by atoms with E-state index in [1.54, 1.807) is 0 Å². The van der Waals surface area contributed by atoms with E-state index in [4.69, 9.17) is 10.4 Å². The summed E-state index contributed by atoms with van der Waals surface area (Å²) in [4.78, 5) is 0. The van der Waals surface area contributed by atoms with Crippen molar-refractivity contribution in [3.05, 3.63) is 29.3 Å². The molecular formula is C12H17BClNO2. The van der Waals surface area contributed by atoms with Gasteiger partial charge in [0, 0.05) is 6.54 Å². The van der Waals surface area contributed by atoms with Crippen molar-refractivity contribution in [1.29, 1.82) is 0 Å². The molecule has 1 spiro atoms. The lowest BCUT2D eigenvalue weighted by Crippen LogP contribution is -2.29. The third-order valence-electron chi connectivity index (χ3n) is 3.86. The van der Waals surface area contributed by atoms with Crippen LogP contribution in [0, 0.1) is 0 Å². The average molecular weight is 254 g/mol. The van der Waals surface area contributed by atoms with Crippen molar-refractivity contribution in [2.75, 3.05) is 0 Å². The summed E-state index contributed by atoms with van der Waals surface area (Å²) in [6.07, 6.45) is 4.42. The first kappa shape index (κ1) is 12.9. The average Bonchev–Trinajstić information content (AvgIpc) is 2.87. The monoisotopic (exact) mass is 253 g/mol. The second kappa shape index (κ2) is 4.61. The Labute approximate surface area is 108 Å². The van der Waals surface area contributed by atoms with Crippen LogP contribution in [0.3, 0.4) is 0 Å². The number of hydrogen-bond donors (Lipinski definition) is 2. The molecule has 1 heterocycles. The highest BCUT2D eigenvalue weighted by molar-refractivity contribution is 6.62. The highest BCUT2D eigenvalue weighted by atomic mass is 35.5. The Morgan fingerprint density at radius 1 is 1.35 bits per heavy atom. The summed E-state index contributed by atoms with van der Waals surface area (Å²) < 4.78 is 5.79. The minimum absolute atomic E-state index is 0. The molecule has 1 aliphatic carbocycles. The van der Waals surface area contributed by atoms with Crippen LogP contribution in [-0.2, 0) is 16.8 Å². The van der Waals surface area contributed by atoms with Gasteiger partial charge in [-0.25, -0.2) is 0 Å². The van der Waals surface area contributed by atoms with Crippen molar-refractivity contribution >= 4 is 25.0 Å². The van der Waals surface area contributed by atoms with Gasteiger partial charge in [-0.2, -0.15) is 0 Å². The molecule has 0 atom stereocenters. The Kier molecular flexibility index (Phi) is 3.50. The Morgan fingerprint density at radius 2 is 2.06 bits per heavy atom. The maximum Gasteiger partial charge on any atom is 0.492 e. The van der Waals surface area contributed by atoms with Gasteiger partial charge in [0.15, 0.2) is 0 Å². The summed E-state index contributed by atoms with van der Waals surface area (Å²) in [7, 11) is -0.764. The van der Waals surface area contributed by atoms with Crippen molar-refractivity contribution in [1.82, 2.24) is 0 Å². The fourth-order valence-electron chi connectivity index (χ4n) is 3.03. The normalized spacial score (nSPS) is 20.5. The van der Waals surface area contributed by atoms with Gasteiger partial charge in [-0.3, -0.25) is 0 Å². The molecule has 0 bridgehead atoms. The van der Waals surface area contributed by atoms with Crippen LogP contribution in [-0.4, -0.2) is 12.1 Å². The first-order valence-corrected chi connectivity index (χ1v) is 5.94. The van der Waals surface area contributed by atoms with E-state index < -0.39 is 7.12 Å². The van der Waals surface area contributed by atoms with Crippen LogP contribution >= 0.6 is 12.4 Å². The predicted molar refractivity (Wildman–Crippen MR) is 70.4 cm³/mol. The third kappa shape index (κ3) is 1.89. The van der Waals surface area contributed by atoms with Crippen molar-refractivity contribution in [2.45, 2.75) is 37.8 Å². The molecular weight excluding hydrogens is 236 g/mol. The Morgan fingerprint density at radius 3 is 2.71 bits per heavy atom. The van der Waals surface area contributed by atoms with Crippen LogP contribution in [0.4, 0.5) is 0 Å². The van der Waals surface area contributed by atoms with Crippen LogP contribution in [0.1, 0.15) is 36.8 Å². The van der Waals surface area contributed by atoms with Gasteiger partial charge in [0.1, 0.15) is 0 Å². The van der Waals surface area contributed by atoms with Gasteiger partial charge in [0.05, 0.1) is 5.60 Å². The molecule has 0 amide bonds. The van der Waals surface area contributed by atoms with Crippen LogP contribution in [0.15, 0.2) is 18.2 Å². The van der Waals surface area contributed by atoms with Gasteiger partial charge in [0.2, 0.25) is 0 Å². The molecule has 1 saturated carbocycles. The van der Waals surface area contributed by atoms with E-state index >= 15 is 0 Å². The minimum Gasteiger partial charge on any atom is -0.423 e. The zero-order chi connectivity index (χ0) is 11.2. The molecule has 1 aromatic carbocycles. The lowest BCUT2D eigenvalue weighted by Gasteiger charge is -2.24. The number of rotatable bonds is 1. The largest absolute Gasteiger partial charge is 0.492 e. The van der Waals surface area contributed by atoms with Gasteiger partial charge in [-0.1, -0.05) is 31.0 Å². The highest BCUT2D eigenvalue weighted by Gasteiger charge is 2.48. The summed E-state index contributed by atoms with van der Waals surface area (Å²) in [5, 5.41) is 9.96. The minimum atomic E-state index is -0.764. The van der Waals surface area contributed by atoms with E-state index in [-0.39, 0.29) is 18.0 Å². The third-order valence-corrected chi connectivity index (χ3v) is 3.86. The fourth-order valence-corrected chi connectivity index (χ4v) is 3.03. The van der Waals surface area contributed by atoms with Crippen molar-refractivity contribution in [2.24, 2.45) is 5.73 Å². The molecule has 1 fully saturated rings. The van der Waals surface area contributed by atoms with Crippen LogP contribution in [0.25, 0.3) is 0 Å². The fraction of sp³-hybridized carbons (Fsp3) is 0.500. The molecule has 5 heteroatoms. The Hall–Kier alpha value is -0.545. The topological polar surface area (TPSA) is 55.5 Å². The quantitative estimate of drug-likeness (QED) is 0.736. The molecule has 1 aromatic rings. The number of hydrogen-bond acceptors (Lipinski definition) is 3. The summed E-state index contributed by atoms with van der Waals surface area (Å²) in [5.74, 6) is 0. The van der Waals surface area contributed by atoms with Crippen molar-refractivity contribution in [3.63, 3.8) is 0 Å². The van der Waals surface area contributed by atoms with Crippen LogP contribution in [0.5, 0.6) is 0 Å². The van der Waals surface area contributed by atoms with E-state index in [1.807, 2.05) is 12.1 Å². The van der Waals surface area contributed by atoms with E-state index in [1.165, 1.54) is 18.4 Å². The maximum absolute atomic E-state index is 9.96. The molecule has 1 aliphatic heterocycles. The van der Waals surface area contributed by atoms with Gasteiger partial charge >= 0.3 is 7.12 Å². The second-order valence-electron chi connectivity index (χ2n) is 4.80. The molecule has 17 heavy (non-hydrogen) atoms. The predicted octanol–water partition coefficient (Wildman–Crippen LogP) is 1.05. The number of halogens is 1. The van der Waals surface area contributed by atoms with Crippen molar-refractivity contribution < 1.29 is 9.68 Å². The van der Waals surface area contributed by atoms with Crippen molar-refractivity contribution in [3.8, 4) is 0 Å². The molecule has 0 saturated heterocycles. The molecule has 0 aromatic heterocycles. The smallest absolute Gasteiger partial charge is 0.423 e. The van der Waals surface area contributed by atoms with Gasteiger partial charge in [-0.15, -0.1) is 12.4 Å². The SMILES string of the molecule is Cl.NCc1ccc2c(c1)B(O)OC21CCCC1. The lowest BCUT2D eigenvalue weighted by atomic mass is 9.77. The van der Waals surface area contributed by atoms with Gasteiger partial charge in [-0.05, 0) is 29.4 Å². The number of fused-ring (bicyclic) bond motifs is 2. The molecule has 3 N–H and O–H groups in total. The van der Waals surface area contributed by atoms with Gasteiger partial charge < -0.3 is 15.4 Å². The first-order chi connectivity index (χ1) is 7.75. The summed E-state index contributed by atoms with van der Waals surface area (Å²) in [6.45, 7) is 0.507. The van der Waals surface area contributed by atoms with E-state index in [9.17, 15) is 5.02 Å². The molecule has 0 unspecified atom stereocenters. The Bertz CT molecular complexity index is 421. The van der Waals surface area contributed by atoms with E-state index in [0.29, 0.717) is 6.54 Å². The summed E-state index contributed by atoms with van der Waals surface area (Å²) in [6, 6.07) is 6.10. The standard InChI is InChI=1S/C12H16BNO2.ClH/c14-8-9-3-4-10-11(7-9)13(15)16-12(10)5-1-2-6-12;/h3-4,7,15H,1-2,5-6,8,14H2;1H. The molecule has 3 nitrogen and oxygen atoms in total. The first-order valence-electron chi connectivity index (χ1n) is 5.94. The second-order valence-corrected chi connectivity index (χ2v) is 4.80. The van der Waals surface area contributed by atoms with Gasteiger partial charge in [0.25, 0.3) is 0 Å². The summed E-state index contributed by atoms with van der Waals surface area (Å²) in [5.41, 5.74) is 8.55. The zero-order valence-corrected chi connectivity index (χ0v) is 10.5. The maximum atomic E-state index is 9.96. The van der Waals surface area contributed by atoms with E-state index in [2.05, 4.69) is 6.07 Å². The van der Waals surface area contributed by atoms with Crippen LogP contribution in [0.2, 0.25) is 0 Å². The lowest BCUT2D eigenvalue weighted by molar-refractivity contribution is 0.0679. The molecule has 3 rings (SSSR count). The highest BCUT2D eigenvalue weighted by Crippen LogP contribution is 2.44. The summed E-state index contributed by atoms with van der Waals surface area (Å²) >= 11 is 0. The zero-order valence-electron chi connectivity index (χ0n) is 9.69. The van der Waals surface area contributed by atoms with Crippen LogP contribution < -0.4 is 11.2 Å². The molecule has 2 aliphatic rings. The molecule has 0 radical (unpaired) electrons. The number of nitrogens with two attached hydrogens (primary N) is 1. The Balaban J connectivity index is 0.00000108. The number of benzene rings is 1.